The van der Waals surface area contributed by atoms with Crippen LogP contribution in [0.5, 0.6) is 0 Å². The smallest absolute Gasteiger partial charge is 0.289 e. The van der Waals surface area contributed by atoms with Crippen molar-refractivity contribution in [2.75, 3.05) is 18.4 Å². The van der Waals surface area contributed by atoms with Crippen molar-refractivity contribution >= 4 is 22.6 Å². The van der Waals surface area contributed by atoms with Crippen LogP contribution in [-0.2, 0) is 0 Å². The number of piperidine rings is 1. The molecule has 1 aliphatic rings. The summed E-state index contributed by atoms with van der Waals surface area (Å²) in [6, 6.07) is 14.1. The van der Waals surface area contributed by atoms with Gasteiger partial charge in [-0.3, -0.25) is 4.79 Å². The van der Waals surface area contributed by atoms with Gasteiger partial charge in [-0.1, -0.05) is 18.2 Å². The molecule has 1 fully saturated rings. The highest BCUT2D eigenvalue weighted by molar-refractivity contribution is 5.91. The summed E-state index contributed by atoms with van der Waals surface area (Å²) in [5.74, 6) is 1.33. The lowest BCUT2D eigenvalue weighted by Crippen LogP contribution is -2.42. The minimum Gasteiger partial charge on any atom is -0.459 e. The number of aromatic nitrogens is 1. The molecule has 1 amide bonds. The summed E-state index contributed by atoms with van der Waals surface area (Å²) in [5, 5.41) is 4.72. The molecule has 25 heavy (non-hydrogen) atoms. The van der Waals surface area contributed by atoms with E-state index in [0.717, 1.165) is 48.2 Å². The highest BCUT2D eigenvalue weighted by Crippen LogP contribution is 2.23. The fourth-order valence-corrected chi connectivity index (χ4v) is 3.34. The third-order valence-electron chi connectivity index (χ3n) is 4.77. The van der Waals surface area contributed by atoms with Gasteiger partial charge in [0, 0.05) is 24.5 Å². The van der Waals surface area contributed by atoms with Gasteiger partial charge in [0.05, 0.1) is 11.8 Å². The Morgan fingerprint density at radius 2 is 2.00 bits per heavy atom. The lowest BCUT2D eigenvalue weighted by molar-refractivity contribution is 0.0686. The molecule has 128 valence electrons. The van der Waals surface area contributed by atoms with Crippen LogP contribution in [0.4, 0.5) is 5.82 Å². The molecule has 1 N–H and O–H groups in total. The van der Waals surface area contributed by atoms with Gasteiger partial charge < -0.3 is 14.6 Å². The van der Waals surface area contributed by atoms with Gasteiger partial charge in [-0.2, -0.15) is 0 Å². The molecule has 1 aromatic carbocycles. The second-order valence-corrected chi connectivity index (χ2v) is 6.53. The molecular formula is C20H21N3O2. The zero-order valence-corrected chi connectivity index (χ0v) is 14.2. The Bertz CT molecular complexity index is 881. The van der Waals surface area contributed by atoms with Crippen molar-refractivity contribution in [3.05, 3.63) is 60.1 Å². The van der Waals surface area contributed by atoms with E-state index in [1.807, 2.05) is 23.1 Å². The Morgan fingerprint density at radius 3 is 2.76 bits per heavy atom. The zero-order chi connectivity index (χ0) is 17.2. The third-order valence-corrected chi connectivity index (χ3v) is 4.77. The molecule has 0 saturated carbocycles. The lowest BCUT2D eigenvalue weighted by atomic mass is 10.0. The quantitative estimate of drug-likeness (QED) is 0.790. The second-order valence-electron chi connectivity index (χ2n) is 6.53. The Labute approximate surface area is 146 Å². The van der Waals surface area contributed by atoms with Crippen LogP contribution in [0.1, 0.15) is 29.0 Å². The number of hydrogen-bond acceptors (Lipinski definition) is 4. The molecule has 5 nitrogen and oxygen atoms in total. The van der Waals surface area contributed by atoms with E-state index < -0.39 is 0 Å². The number of benzene rings is 1. The summed E-state index contributed by atoms with van der Waals surface area (Å²) < 4.78 is 5.21. The molecule has 1 saturated heterocycles. The number of carbonyl (C=O) groups excluding carboxylic acids is 1. The number of hydrogen-bond donors (Lipinski definition) is 1. The first kappa shape index (κ1) is 15.7. The van der Waals surface area contributed by atoms with Crippen LogP contribution >= 0.6 is 0 Å². The largest absolute Gasteiger partial charge is 0.459 e. The van der Waals surface area contributed by atoms with E-state index in [0.29, 0.717) is 11.8 Å². The fourth-order valence-electron chi connectivity index (χ4n) is 3.34. The fraction of sp³-hybridized carbons (Fsp3) is 0.300. The van der Waals surface area contributed by atoms with Crippen LogP contribution in [0.25, 0.3) is 10.9 Å². The lowest BCUT2D eigenvalue weighted by Gasteiger charge is -2.32. The van der Waals surface area contributed by atoms with Crippen molar-refractivity contribution in [3.63, 3.8) is 0 Å². The maximum Gasteiger partial charge on any atom is 0.289 e. The van der Waals surface area contributed by atoms with Crippen molar-refractivity contribution in [2.24, 2.45) is 0 Å². The molecule has 5 heteroatoms. The standard InChI is InChI=1S/C20H21N3O2/c1-14-13-15-5-2-3-6-17(15)22-19(14)21-16-8-10-23(11-9-16)20(24)18-7-4-12-25-18/h2-7,12-13,16H,8-11H2,1H3,(H,21,22). The van der Waals surface area contributed by atoms with Gasteiger partial charge in [0.25, 0.3) is 5.91 Å². The van der Waals surface area contributed by atoms with E-state index in [-0.39, 0.29) is 5.91 Å². The predicted octanol–water partition coefficient (Wildman–Crippen LogP) is 3.85. The molecule has 0 spiro atoms. The van der Waals surface area contributed by atoms with Gasteiger partial charge in [0.1, 0.15) is 5.82 Å². The van der Waals surface area contributed by atoms with E-state index in [2.05, 4.69) is 24.4 Å². The average Bonchev–Trinajstić information content (AvgIpc) is 3.17. The zero-order valence-electron chi connectivity index (χ0n) is 14.2. The summed E-state index contributed by atoms with van der Waals surface area (Å²) in [6.45, 7) is 3.53. The summed E-state index contributed by atoms with van der Waals surface area (Å²) in [6.07, 6.45) is 3.34. The molecule has 0 unspecified atom stereocenters. The van der Waals surface area contributed by atoms with Crippen LogP contribution in [0, 0.1) is 6.92 Å². The van der Waals surface area contributed by atoms with Crippen LogP contribution < -0.4 is 5.32 Å². The number of nitrogens with one attached hydrogen (secondary N) is 1. The summed E-state index contributed by atoms with van der Waals surface area (Å²) in [5.41, 5.74) is 2.15. The molecule has 4 rings (SSSR count). The first-order valence-corrected chi connectivity index (χ1v) is 8.66. The maximum atomic E-state index is 12.3. The Balaban J connectivity index is 1.42. The summed E-state index contributed by atoms with van der Waals surface area (Å²) in [4.78, 5) is 18.9. The number of aryl methyl sites for hydroxylation is 1. The summed E-state index contributed by atoms with van der Waals surface area (Å²) in [7, 11) is 0. The molecule has 0 atom stereocenters. The van der Waals surface area contributed by atoms with Crippen molar-refractivity contribution in [3.8, 4) is 0 Å². The van der Waals surface area contributed by atoms with Crippen molar-refractivity contribution in [2.45, 2.75) is 25.8 Å². The van der Waals surface area contributed by atoms with Crippen LogP contribution in [0.2, 0.25) is 0 Å². The van der Waals surface area contributed by atoms with E-state index in [4.69, 9.17) is 9.40 Å². The first-order chi connectivity index (χ1) is 12.2. The Kier molecular flexibility index (Phi) is 4.14. The normalized spacial score (nSPS) is 15.5. The number of rotatable bonds is 3. The van der Waals surface area contributed by atoms with Crippen molar-refractivity contribution < 1.29 is 9.21 Å². The first-order valence-electron chi connectivity index (χ1n) is 8.66. The number of anilines is 1. The third kappa shape index (κ3) is 3.22. The second kappa shape index (κ2) is 6.59. The van der Waals surface area contributed by atoms with Gasteiger partial charge in [0.2, 0.25) is 0 Å². The van der Waals surface area contributed by atoms with Gasteiger partial charge >= 0.3 is 0 Å². The van der Waals surface area contributed by atoms with Gasteiger partial charge in [-0.25, -0.2) is 4.98 Å². The number of amides is 1. The number of pyridine rings is 1. The highest BCUT2D eigenvalue weighted by Gasteiger charge is 2.25. The molecular weight excluding hydrogens is 314 g/mol. The Morgan fingerprint density at radius 1 is 1.20 bits per heavy atom. The van der Waals surface area contributed by atoms with E-state index in [1.54, 1.807) is 12.1 Å². The number of nitrogens with zero attached hydrogens (tertiary/aromatic N) is 2. The Hall–Kier alpha value is -2.82. The minimum atomic E-state index is -0.0246. The molecule has 1 aliphatic heterocycles. The van der Waals surface area contributed by atoms with E-state index in [9.17, 15) is 4.79 Å². The number of fused-ring (bicyclic) bond motifs is 1. The summed E-state index contributed by atoms with van der Waals surface area (Å²) >= 11 is 0. The number of para-hydroxylation sites is 1. The molecule has 0 aliphatic carbocycles. The van der Waals surface area contributed by atoms with Crippen LogP contribution in [-0.4, -0.2) is 34.9 Å². The number of likely N-dealkylation sites (tertiary alicyclic amines) is 1. The molecule has 2 aromatic heterocycles. The molecule has 0 radical (unpaired) electrons. The monoisotopic (exact) mass is 335 g/mol. The van der Waals surface area contributed by atoms with Crippen LogP contribution in [0.3, 0.4) is 0 Å². The van der Waals surface area contributed by atoms with Gasteiger partial charge in [-0.15, -0.1) is 0 Å². The highest BCUT2D eigenvalue weighted by atomic mass is 16.3. The van der Waals surface area contributed by atoms with Gasteiger partial charge in [-0.05, 0) is 49.6 Å². The van der Waals surface area contributed by atoms with Crippen molar-refractivity contribution in [1.82, 2.24) is 9.88 Å². The minimum absolute atomic E-state index is 0.0246. The van der Waals surface area contributed by atoms with Crippen LogP contribution in [0.15, 0.2) is 53.1 Å². The maximum absolute atomic E-state index is 12.3. The topological polar surface area (TPSA) is 58.4 Å². The number of carbonyl (C=O) groups is 1. The average molecular weight is 335 g/mol. The van der Waals surface area contributed by atoms with Gasteiger partial charge in [0.15, 0.2) is 5.76 Å². The SMILES string of the molecule is Cc1cc2ccccc2nc1NC1CCN(C(=O)c2ccco2)CC1. The number of furan rings is 1. The van der Waals surface area contributed by atoms with E-state index in [1.165, 1.54) is 6.26 Å². The molecule has 3 aromatic rings. The van der Waals surface area contributed by atoms with Crippen molar-refractivity contribution in [1.29, 1.82) is 0 Å². The molecule has 3 heterocycles. The van der Waals surface area contributed by atoms with E-state index >= 15 is 0 Å². The predicted molar refractivity (Wildman–Crippen MR) is 97.7 cm³/mol. The molecule has 0 bridgehead atoms.